The number of carbonyl (C=O) groups excluding carboxylic acids is 1. The van der Waals surface area contributed by atoms with Crippen molar-refractivity contribution >= 4 is 5.91 Å². The van der Waals surface area contributed by atoms with Crippen LogP contribution in [0.4, 0.5) is 8.78 Å². The zero-order chi connectivity index (χ0) is 19.6. The van der Waals surface area contributed by atoms with Crippen LogP contribution in [0.3, 0.4) is 0 Å². The van der Waals surface area contributed by atoms with E-state index in [0.29, 0.717) is 25.2 Å². The molecule has 1 aliphatic heterocycles. The molecule has 1 aromatic carbocycles. The largest absolute Gasteiger partial charge is 0.350 e. The first-order chi connectivity index (χ1) is 12.9. The molecule has 1 N–H and O–H groups in total. The molecule has 1 unspecified atom stereocenters. The van der Waals surface area contributed by atoms with Crippen molar-refractivity contribution in [3.63, 3.8) is 0 Å². The van der Waals surface area contributed by atoms with Crippen LogP contribution in [0.5, 0.6) is 0 Å². The van der Waals surface area contributed by atoms with Gasteiger partial charge >= 0.3 is 5.69 Å². The van der Waals surface area contributed by atoms with Gasteiger partial charge in [0, 0.05) is 31.1 Å². The van der Waals surface area contributed by atoms with Crippen molar-refractivity contribution in [2.45, 2.75) is 58.7 Å². The van der Waals surface area contributed by atoms with E-state index in [0.717, 1.165) is 25.0 Å². The average molecular weight is 378 g/mol. The van der Waals surface area contributed by atoms with Gasteiger partial charge in [-0.15, -0.1) is 0 Å². The van der Waals surface area contributed by atoms with Gasteiger partial charge in [0.1, 0.15) is 23.5 Å². The number of benzene rings is 1. The number of nitrogens with one attached hydrogen (secondary N) is 1. The number of carbonyl (C=O) groups is 1. The number of aromatic nitrogens is 3. The number of rotatable bonds is 5. The standard InChI is InChI=1S/C19H24F2N4O2/c1-12(2)11-24-19(27)25-16(5-3-4-6-17(25)23-24)18(26)22-10-13-7-8-14(20)9-15(13)21/h7-9,12,16H,3-6,10-11H2,1-2H3,(H,22,26). The van der Waals surface area contributed by atoms with E-state index in [-0.39, 0.29) is 29.6 Å². The van der Waals surface area contributed by atoms with Crippen molar-refractivity contribution in [2.24, 2.45) is 5.92 Å². The second-order valence-corrected chi connectivity index (χ2v) is 7.36. The number of aryl methyl sites for hydroxylation is 1. The van der Waals surface area contributed by atoms with Crippen LogP contribution in [0.25, 0.3) is 0 Å². The molecule has 0 saturated heterocycles. The summed E-state index contributed by atoms with van der Waals surface area (Å²) in [6, 6.07) is 2.57. The van der Waals surface area contributed by atoms with E-state index < -0.39 is 17.7 Å². The molecule has 2 aromatic rings. The SMILES string of the molecule is CC(C)Cn1nc2n(c1=O)C(C(=O)NCc1ccc(F)cc1F)CCCC2. The monoisotopic (exact) mass is 378 g/mol. The minimum atomic E-state index is -0.709. The Kier molecular flexibility index (Phi) is 5.72. The summed E-state index contributed by atoms with van der Waals surface area (Å²) < 4.78 is 29.7. The molecule has 0 fully saturated rings. The number of halogens is 2. The normalized spacial score (nSPS) is 16.9. The van der Waals surface area contributed by atoms with Gasteiger partial charge in [0.25, 0.3) is 0 Å². The lowest BCUT2D eigenvalue weighted by molar-refractivity contribution is -0.124. The predicted molar refractivity (Wildman–Crippen MR) is 96.1 cm³/mol. The number of hydrogen-bond acceptors (Lipinski definition) is 3. The second kappa shape index (κ2) is 8.02. The van der Waals surface area contributed by atoms with Crippen molar-refractivity contribution in [3.8, 4) is 0 Å². The molecule has 2 heterocycles. The molecule has 8 heteroatoms. The fourth-order valence-electron chi connectivity index (χ4n) is 3.38. The lowest BCUT2D eigenvalue weighted by Gasteiger charge is -2.17. The first-order valence-corrected chi connectivity index (χ1v) is 9.26. The first kappa shape index (κ1) is 19.3. The van der Waals surface area contributed by atoms with Gasteiger partial charge in [-0.3, -0.25) is 9.36 Å². The van der Waals surface area contributed by atoms with Crippen molar-refractivity contribution < 1.29 is 13.6 Å². The quantitative estimate of drug-likeness (QED) is 0.869. The lowest BCUT2D eigenvalue weighted by atomic mass is 10.1. The fraction of sp³-hybridized carbons (Fsp3) is 0.526. The Morgan fingerprint density at radius 3 is 2.81 bits per heavy atom. The van der Waals surface area contributed by atoms with Crippen molar-refractivity contribution in [1.29, 1.82) is 0 Å². The Hall–Kier alpha value is -2.51. The molecule has 0 radical (unpaired) electrons. The van der Waals surface area contributed by atoms with E-state index in [1.165, 1.54) is 15.3 Å². The van der Waals surface area contributed by atoms with Gasteiger partial charge in [-0.1, -0.05) is 26.3 Å². The Labute approximate surface area is 156 Å². The summed E-state index contributed by atoms with van der Waals surface area (Å²) in [5.41, 5.74) is -0.0878. The summed E-state index contributed by atoms with van der Waals surface area (Å²) in [5.74, 6) is -0.853. The highest BCUT2D eigenvalue weighted by atomic mass is 19.1. The highest BCUT2D eigenvalue weighted by Crippen LogP contribution is 2.22. The minimum Gasteiger partial charge on any atom is -0.350 e. The molecular weight excluding hydrogens is 354 g/mol. The Bertz CT molecular complexity index is 888. The van der Waals surface area contributed by atoms with E-state index >= 15 is 0 Å². The summed E-state index contributed by atoms with van der Waals surface area (Å²) in [6.07, 6.45) is 2.83. The fourth-order valence-corrected chi connectivity index (χ4v) is 3.38. The van der Waals surface area contributed by atoms with Crippen LogP contribution in [0.2, 0.25) is 0 Å². The van der Waals surface area contributed by atoms with Crippen LogP contribution >= 0.6 is 0 Å². The molecule has 0 aliphatic carbocycles. The molecule has 146 valence electrons. The first-order valence-electron chi connectivity index (χ1n) is 9.26. The molecular formula is C19H24F2N4O2. The van der Waals surface area contributed by atoms with Gasteiger partial charge in [-0.05, 0) is 24.8 Å². The summed E-state index contributed by atoms with van der Waals surface area (Å²) in [6.45, 7) is 4.43. The predicted octanol–water partition coefficient (Wildman–Crippen LogP) is 2.56. The minimum absolute atomic E-state index is 0.0638. The van der Waals surface area contributed by atoms with E-state index in [2.05, 4.69) is 10.4 Å². The number of amides is 1. The molecule has 3 rings (SSSR count). The van der Waals surface area contributed by atoms with E-state index in [1.807, 2.05) is 13.8 Å². The number of fused-ring (bicyclic) bond motifs is 1. The maximum absolute atomic E-state index is 13.8. The highest BCUT2D eigenvalue weighted by molar-refractivity contribution is 5.80. The Balaban J connectivity index is 1.81. The molecule has 1 atom stereocenters. The molecule has 27 heavy (non-hydrogen) atoms. The van der Waals surface area contributed by atoms with E-state index in [9.17, 15) is 18.4 Å². The van der Waals surface area contributed by atoms with Gasteiger partial charge in [0.2, 0.25) is 5.91 Å². The van der Waals surface area contributed by atoms with Crippen molar-refractivity contribution in [1.82, 2.24) is 19.7 Å². The molecule has 0 spiro atoms. The zero-order valence-electron chi connectivity index (χ0n) is 15.5. The van der Waals surface area contributed by atoms with Crippen LogP contribution in [0.1, 0.15) is 50.5 Å². The smallest absolute Gasteiger partial charge is 0.346 e. The van der Waals surface area contributed by atoms with Gasteiger partial charge in [-0.25, -0.2) is 18.3 Å². The third-order valence-electron chi connectivity index (χ3n) is 4.69. The summed E-state index contributed by atoms with van der Waals surface area (Å²) >= 11 is 0. The van der Waals surface area contributed by atoms with Crippen molar-refractivity contribution in [2.75, 3.05) is 0 Å². The maximum Gasteiger partial charge on any atom is 0.346 e. The number of hydrogen-bond donors (Lipinski definition) is 1. The van der Waals surface area contributed by atoms with Crippen LogP contribution < -0.4 is 11.0 Å². The molecule has 0 saturated carbocycles. The molecule has 0 bridgehead atoms. The Morgan fingerprint density at radius 1 is 1.33 bits per heavy atom. The van der Waals surface area contributed by atoms with Crippen LogP contribution in [-0.2, 0) is 24.3 Å². The summed E-state index contributed by atoms with van der Waals surface area (Å²) in [7, 11) is 0. The van der Waals surface area contributed by atoms with Crippen LogP contribution in [-0.4, -0.2) is 20.3 Å². The van der Waals surface area contributed by atoms with Crippen LogP contribution in [0, 0.1) is 17.6 Å². The molecule has 1 aromatic heterocycles. The van der Waals surface area contributed by atoms with Gasteiger partial charge < -0.3 is 5.32 Å². The molecule has 1 aliphatic rings. The molecule has 6 nitrogen and oxygen atoms in total. The summed E-state index contributed by atoms with van der Waals surface area (Å²) in [4.78, 5) is 25.5. The second-order valence-electron chi connectivity index (χ2n) is 7.36. The molecule has 1 amide bonds. The zero-order valence-corrected chi connectivity index (χ0v) is 15.5. The topological polar surface area (TPSA) is 68.9 Å². The van der Waals surface area contributed by atoms with Crippen LogP contribution in [0.15, 0.2) is 23.0 Å². The van der Waals surface area contributed by atoms with Gasteiger partial charge in [-0.2, -0.15) is 5.10 Å². The van der Waals surface area contributed by atoms with Gasteiger partial charge in [0.15, 0.2) is 0 Å². The maximum atomic E-state index is 13.8. The third-order valence-corrected chi connectivity index (χ3v) is 4.69. The Morgan fingerprint density at radius 2 is 2.11 bits per heavy atom. The average Bonchev–Trinajstić information content (AvgIpc) is 2.78. The third kappa shape index (κ3) is 4.26. The summed E-state index contributed by atoms with van der Waals surface area (Å²) in [5, 5.41) is 7.09. The van der Waals surface area contributed by atoms with Crippen molar-refractivity contribution in [3.05, 3.63) is 51.7 Å². The van der Waals surface area contributed by atoms with Gasteiger partial charge in [0.05, 0.1) is 0 Å². The number of nitrogens with zero attached hydrogens (tertiary/aromatic N) is 3. The van der Waals surface area contributed by atoms with E-state index in [4.69, 9.17) is 0 Å². The van der Waals surface area contributed by atoms with E-state index in [1.54, 1.807) is 0 Å². The lowest BCUT2D eigenvalue weighted by Crippen LogP contribution is -2.38. The highest BCUT2D eigenvalue weighted by Gasteiger charge is 2.29.